The number of rotatable bonds is 7. The third kappa shape index (κ3) is 5.96. The summed E-state index contributed by atoms with van der Waals surface area (Å²) in [6, 6.07) is 13.9. The fourth-order valence-electron chi connectivity index (χ4n) is 2.02. The molecule has 0 saturated carbocycles. The molecule has 3 N–H and O–H groups in total. The molecule has 0 atom stereocenters. The summed E-state index contributed by atoms with van der Waals surface area (Å²) in [6.07, 6.45) is 0. The molecule has 0 saturated heterocycles. The van der Waals surface area contributed by atoms with Crippen molar-refractivity contribution in [3.05, 3.63) is 59.7 Å². The van der Waals surface area contributed by atoms with Crippen molar-refractivity contribution in [1.29, 1.82) is 0 Å². The average Bonchev–Trinajstić information content (AvgIpc) is 2.59. The van der Waals surface area contributed by atoms with Crippen LogP contribution in [0.5, 0.6) is 0 Å². The van der Waals surface area contributed by atoms with Crippen molar-refractivity contribution in [3.63, 3.8) is 0 Å². The Balaban J connectivity index is 1.92. The molecular weight excluding hydrogens is 340 g/mol. The molecule has 2 amide bonds. The molecule has 0 bridgehead atoms. The lowest BCUT2D eigenvalue weighted by atomic mass is 10.1. The number of nitrogens with two attached hydrogens (primary N) is 1. The highest BCUT2D eigenvalue weighted by Crippen LogP contribution is 2.26. The van der Waals surface area contributed by atoms with E-state index in [1.54, 1.807) is 42.5 Å². The molecule has 130 valence electrons. The summed E-state index contributed by atoms with van der Waals surface area (Å²) in [5.41, 5.74) is 6.99. The molecule has 25 heavy (non-hydrogen) atoms. The highest BCUT2D eigenvalue weighted by molar-refractivity contribution is 8.00. The van der Waals surface area contributed by atoms with Crippen LogP contribution in [0.15, 0.2) is 53.4 Å². The first-order valence-electron chi connectivity index (χ1n) is 7.49. The summed E-state index contributed by atoms with van der Waals surface area (Å²) in [4.78, 5) is 35.6. The maximum atomic E-state index is 12.0. The molecule has 7 heteroatoms. The number of amides is 2. The Bertz CT molecular complexity index is 792. The van der Waals surface area contributed by atoms with E-state index in [4.69, 9.17) is 10.5 Å². The Morgan fingerprint density at radius 2 is 1.88 bits per heavy atom. The van der Waals surface area contributed by atoms with Crippen LogP contribution in [0.1, 0.15) is 15.9 Å². The SMILES string of the molecule is Cc1cccc(C(=O)OCC(=O)Nc2ccccc2SCC(N)=O)c1. The van der Waals surface area contributed by atoms with Crippen LogP contribution in [0.2, 0.25) is 0 Å². The number of anilines is 1. The van der Waals surface area contributed by atoms with Crippen LogP contribution >= 0.6 is 11.8 Å². The summed E-state index contributed by atoms with van der Waals surface area (Å²) in [6.45, 7) is 1.46. The molecule has 0 aliphatic carbocycles. The van der Waals surface area contributed by atoms with Gasteiger partial charge < -0.3 is 15.8 Å². The molecule has 6 nitrogen and oxygen atoms in total. The zero-order valence-corrected chi connectivity index (χ0v) is 14.5. The van der Waals surface area contributed by atoms with Gasteiger partial charge in [-0.1, -0.05) is 29.8 Å². The second kappa shape index (κ2) is 8.89. The van der Waals surface area contributed by atoms with Crippen molar-refractivity contribution in [2.45, 2.75) is 11.8 Å². The number of carbonyl (C=O) groups is 3. The van der Waals surface area contributed by atoms with E-state index in [-0.39, 0.29) is 5.75 Å². The van der Waals surface area contributed by atoms with E-state index in [1.807, 2.05) is 13.0 Å². The molecular formula is C18H18N2O4S. The predicted octanol–water partition coefficient (Wildman–Crippen LogP) is 2.37. The number of benzene rings is 2. The van der Waals surface area contributed by atoms with Crippen molar-refractivity contribution in [2.24, 2.45) is 5.73 Å². The second-order valence-electron chi connectivity index (χ2n) is 5.24. The summed E-state index contributed by atoms with van der Waals surface area (Å²) in [7, 11) is 0. The number of para-hydroxylation sites is 1. The van der Waals surface area contributed by atoms with E-state index >= 15 is 0 Å². The Hall–Kier alpha value is -2.80. The first-order valence-corrected chi connectivity index (χ1v) is 8.48. The number of carbonyl (C=O) groups excluding carboxylic acids is 3. The lowest BCUT2D eigenvalue weighted by Crippen LogP contribution is -2.21. The van der Waals surface area contributed by atoms with Crippen LogP contribution in [0.25, 0.3) is 0 Å². The standard InChI is InChI=1S/C18H18N2O4S/c1-12-5-4-6-13(9-12)18(23)24-10-17(22)20-14-7-2-3-8-15(14)25-11-16(19)21/h2-9H,10-11H2,1H3,(H2,19,21)(H,20,22). The number of aryl methyl sites for hydroxylation is 1. The predicted molar refractivity (Wildman–Crippen MR) is 96.5 cm³/mol. The number of primary amides is 1. The van der Waals surface area contributed by atoms with Gasteiger partial charge in [0.15, 0.2) is 6.61 Å². The Labute approximate surface area is 149 Å². The Morgan fingerprint density at radius 3 is 2.60 bits per heavy atom. The summed E-state index contributed by atoms with van der Waals surface area (Å²) in [5, 5.41) is 2.66. The van der Waals surface area contributed by atoms with Gasteiger partial charge >= 0.3 is 5.97 Å². The van der Waals surface area contributed by atoms with Gasteiger partial charge in [0.25, 0.3) is 5.91 Å². The molecule has 0 aliphatic rings. The van der Waals surface area contributed by atoms with Gasteiger partial charge in [-0.25, -0.2) is 4.79 Å². The minimum absolute atomic E-state index is 0.106. The topological polar surface area (TPSA) is 98.5 Å². The minimum Gasteiger partial charge on any atom is -0.452 e. The van der Waals surface area contributed by atoms with Crippen LogP contribution in [-0.2, 0) is 14.3 Å². The zero-order chi connectivity index (χ0) is 18.2. The van der Waals surface area contributed by atoms with Crippen LogP contribution in [0, 0.1) is 6.92 Å². The Kier molecular flexibility index (Phi) is 6.59. The third-order valence-corrected chi connectivity index (χ3v) is 4.22. The van der Waals surface area contributed by atoms with Crippen molar-refractivity contribution >= 4 is 35.2 Å². The zero-order valence-electron chi connectivity index (χ0n) is 13.7. The third-order valence-electron chi connectivity index (χ3n) is 3.12. The van der Waals surface area contributed by atoms with Crippen molar-refractivity contribution in [1.82, 2.24) is 0 Å². The van der Waals surface area contributed by atoms with E-state index in [1.165, 1.54) is 11.8 Å². The fourth-order valence-corrected chi connectivity index (χ4v) is 2.76. The van der Waals surface area contributed by atoms with Crippen LogP contribution in [-0.4, -0.2) is 30.1 Å². The first-order chi connectivity index (χ1) is 12.0. The van der Waals surface area contributed by atoms with Crippen LogP contribution < -0.4 is 11.1 Å². The van der Waals surface area contributed by atoms with Gasteiger partial charge in [0, 0.05) is 4.90 Å². The van der Waals surface area contributed by atoms with Gasteiger partial charge in [-0.3, -0.25) is 9.59 Å². The molecule has 0 fully saturated rings. The Morgan fingerprint density at radius 1 is 1.12 bits per heavy atom. The van der Waals surface area contributed by atoms with E-state index in [0.29, 0.717) is 16.1 Å². The van der Waals surface area contributed by atoms with E-state index < -0.39 is 24.4 Å². The lowest BCUT2D eigenvalue weighted by Gasteiger charge is -2.10. The highest BCUT2D eigenvalue weighted by atomic mass is 32.2. The van der Waals surface area contributed by atoms with Gasteiger partial charge in [0.05, 0.1) is 17.0 Å². The molecule has 0 radical (unpaired) electrons. The number of thioether (sulfide) groups is 1. The average molecular weight is 358 g/mol. The minimum atomic E-state index is -0.560. The lowest BCUT2D eigenvalue weighted by molar-refractivity contribution is -0.119. The van der Waals surface area contributed by atoms with E-state index in [0.717, 1.165) is 5.56 Å². The van der Waals surface area contributed by atoms with E-state index in [9.17, 15) is 14.4 Å². The second-order valence-corrected chi connectivity index (χ2v) is 6.26. The molecule has 2 aromatic rings. The summed E-state index contributed by atoms with van der Waals surface area (Å²) >= 11 is 1.22. The van der Waals surface area contributed by atoms with Gasteiger partial charge in [-0.15, -0.1) is 11.8 Å². The van der Waals surface area contributed by atoms with E-state index in [2.05, 4.69) is 5.32 Å². The molecule has 0 unspecified atom stereocenters. The largest absolute Gasteiger partial charge is 0.452 e. The summed E-state index contributed by atoms with van der Waals surface area (Å²) in [5.74, 6) is -1.36. The maximum absolute atomic E-state index is 12.0. The smallest absolute Gasteiger partial charge is 0.338 e. The number of hydrogen-bond donors (Lipinski definition) is 2. The van der Waals surface area contributed by atoms with Crippen LogP contribution in [0.4, 0.5) is 5.69 Å². The maximum Gasteiger partial charge on any atom is 0.338 e. The van der Waals surface area contributed by atoms with Crippen LogP contribution in [0.3, 0.4) is 0 Å². The number of ether oxygens (including phenoxy) is 1. The first kappa shape index (κ1) is 18.5. The number of esters is 1. The van der Waals surface area contributed by atoms with Crippen molar-refractivity contribution in [2.75, 3.05) is 17.7 Å². The van der Waals surface area contributed by atoms with Crippen molar-refractivity contribution < 1.29 is 19.1 Å². The number of nitrogens with one attached hydrogen (secondary N) is 1. The molecule has 0 aliphatic heterocycles. The quantitative estimate of drug-likeness (QED) is 0.585. The molecule has 2 aromatic carbocycles. The van der Waals surface area contributed by atoms with Gasteiger partial charge in [0.1, 0.15) is 0 Å². The van der Waals surface area contributed by atoms with Crippen molar-refractivity contribution in [3.8, 4) is 0 Å². The molecule has 0 aromatic heterocycles. The van der Waals surface area contributed by atoms with Gasteiger partial charge in [-0.2, -0.15) is 0 Å². The van der Waals surface area contributed by atoms with Gasteiger partial charge in [-0.05, 0) is 31.2 Å². The fraction of sp³-hybridized carbons (Fsp3) is 0.167. The van der Waals surface area contributed by atoms with Gasteiger partial charge in [0.2, 0.25) is 5.91 Å². The molecule has 0 spiro atoms. The number of hydrogen-bond acceptors (Lipinski definition) is 5. The highest BCUT2D eigenvalue weighted by Gasteiger charge is 2.12. The monoisotopic (exact) mass is 358 g/mol. The normalized spacial score (nSPS) is 10.1. The molecule has 0 heterocycles. The molecule has 2 rings (SSSR count). The summed E-state index contributed by atoms with van der Waals surface area (Å²) < 4.78 is 5.02.